The predicted molar refractivity (Wildman–Crippen MR) is 48.3 cm³/mol. The van der Waals surface area contributed by atoms with E-state index in [1.807, 2.05) is 0 Å². The van der Waals surface area contributed by atoms with E-state index >= 15 is 0 Å². The Bertz CT molecular complexity index is 322. The Morgan fingerprint density at radius 3 is 2.62 bits per heavy atom. The highest BCUT2D eigenvalue weighted by atomic mass is 16.2. The molecule has 0 unspecified atom stereocenters. The standard InChI is InChI=1S/C9H10N2O2/c1-7(12)9(13)11(2)8-4-3-5-10-6-8/h3-6H,1-2H3. The molecule has 0 spiro atoms. The molecule has 1 heterocycles. The number of likely N-dealkylation sites (N-methyl/N-ethyl adjacent to an activating group) is 1. The number of anilines is 1. The Balaban J connectivity index is 2.86. The molecule has 4 heteroatoms. The van der Waals surface area contributed by atoms with E-state index in [0.29, 0.717) is 5.69 Å². The third-order valence-corrected chi connectivity index (χ3v) is 1.64. The van der Waals surface area contributed by atoms with Gasteiger partial charge in [0.25, 0.3) is 5.91 Å². The molecule has 1 aromatic rings. The zero-order valence-corrected chi connectivity index (χ0v) is 7.52. The van der Waals surface area contributed by atoms with Crippen LogP contribution in [0.5, 0.6) is 0 Å². The van der Waals surface area contributed by atoms with Gasteiger partial charge in [0.1, 0.15) is 0 Å². The van der Waals surface area contributed by atoms with E-state index in [1.54, 1.807) is 25.4 Å². The molecule has 0 aliphatic rings. The molecule has 4 nitrogen and oxygen atoms in total. The lowest BCUT2D eigenvalue weighted by Crippen LogP contribution is -2.31. The number of Topliss-reactive ketones (excluding diaryl/α,β-unsaturated/α-hetero) is 1. The number of ketones is 1. The highest BCUT2D eigenvalue weighted by Gasteiger charge is 2.14. The average Bonchev–Trinajstić information content (AvgIpc) is 2.17. The molecule has 0 saturated carbocycles. The van der Waals surface area contributed by atoms with Crippen molar-refractivity contribution in [3.63, 3.8) is 0 Å². The molecule has 1 rings (SSSR count). The molecule has 0 N–H and O–H groups in total. The Kier molecular flexibility index (Phi) is 2.74. The van der Waals surface area contributed by atoms with E-state index in [0.717, 1.165) is 0 Å². The monoisotopic (exact) mass is 178 g/mol. The molecule has 1 aromatic heterocycles. The molecule has 0 atom stereocenters. The maximum Gasteiger partial charge on any atom is 0.293 e. The zero-order chi connectivity index (χ0) is 9.84. The van der Waals surface area contributed by atoms with Gasteiger partial charge in [-0.2, -0.15) is 0 Å². The lowest BCUT2D eigenvalue weighted by atomic mass is 10.3. The summed E-state index contributed by atoms with van der Waals surface area (Å²) in [6.07, 6.45) is 3.14. The minimum atomic E-state index is -0.534. The highest BCUT2D eigenvalue weighted by molar-refractivity contribution is 6.40. The van der Waals surface area contributed by atoms with E-state index < -0.39 is 11.7 Å². The van der Waals surface area contributed by atoms with Gasteiger partial charge < -0.3 is 4.90 Å². The number of hydrogen-bond donors (Lipinski definition) is 0. The Hall–Kier alpha value is -1.71. The normalized spacial score (nSPS) is 9.38. The molecular weight excluding hydrogens is 168 g/mol. The first-order valence-corrected chi connectivity index (χ1v) is 3.81. The first kappa shape index (κ1) is 9.38. The van der Waals surface area contributed by atoms with E-state index in [1.165, 1.54) is 18.0 Å². The quantitative estimate of drug-likeness (QED) is 0.624. The maximum absolute atomic E-state index is 11.2. The van der Waals surface area contributed by atoms with Crippen LogP contribution in [-0.2, 0) is 9.59 Å². The largest absolute Gasteiger partial charge is 0.307 e. The van der Waals surface area contributed by atoms with Gasteiger partial charge in [-0.25, -0.2) is 0 Å². The third kappa shape index (κ3) is 2.11. The first-order valence-electron chi connectivity index (χ1n) is 3.81. The van der Waals surface area contributed by atoms with E-state index in [2.05, 4.69) is 4.98 Å². The van der Waals surface area contributed by atoms with Gasteiger partial charge in [-0.3, -0.25) is 14.6 Å². The molecule has 0 fully saturated rings. The topological polar surface area (TPSA) is 50.3 Å². The van der Waals surface area contributed by atoms with Crippen molar-refractivity contribution in [1.29, 1.82) is 0 Å². The first-order chi connectivity index (χ1) is 6.13. The van der Waals surface area contributed by atoms with Crippen LogP contribution in [0.4, 0.5) is 5.69 Å². The van der Waals surface area contributed by atoms with E-state index in [-0.39, 0.29) is 0 Å². The molecule has 0 radical (unpaired) electrons. The van der Waals surface area contributed by atoms with Gasteiger partial charge in [0.2, 0.25) is 5.78 Å². The second kappa shape index (κ2) is 3.80. The van der Waals surface area contributed by atoms with Crippen molar-refractivity contribution >= 4 is 17.4 Å². The summed E-state index contributed by atoms with van der Waals surface area (Å²) in [7, 11) is 1.54. The Morgan fingerprint density at radius 2 is 2.15 bits per heavy atom. The average molecular weight is 178 g/mol. The summed E-state index contributed by atoms with van der Waals surface area (Å²) < 4.78 is 0. The minimum absolute atomic E-state index is 0.480. The zero-order valence-electron chi connectivity index (χ0n) is 7.52. The number of amides is 1. The van der Waals surface area contributed by atoms with Crippen molar-refractivity contribution in [2.75, 3.05) is 11.9 Å². The van der Waals surface area contributed by atoms with Crippen molar-refractivity contribution in [2.45, 2.75) is 6.92 Å². The number of rotatable bonds is 2. The summed E-state index contributed by atoms with van der Waals surface area (Å²) >= 11 is 0. The molecule has 0 aliphatic carbocycles. The summed E-state index contributed by atoms with van der Waals surface area (Å²) in [5.41, 5.74) is 0.614. The third-order valence-electron chi connectivity index (χ3n) is 1.64. The number of aromatic nitrogens is 1. The number of hydrogen-bond acceptors (Lipinski definition) is 3. The van der Waals surface area contributed by atoms with Crippen LogP contribution in [0.2, 0.25) is 0 Å². The fourth-order valence-electron chi connectivity index (χ4n) is 0.906. The van der Waals surface area contributed by atoms with Gasteiger partial charge in [0.15, 0.2) is 0 Å². The number of pyridine rings is 1. The van der Waals surface area contributed by atoms with Crippen LogP contribution >= 0.6 is 0 Å². The lowest BCUT2D eigenvalue weighted by molar-refractivity contribution is -0.134. The van der Waals surface area contributed by atoms with Crippen LogP contribution in [0.25, 0.3) is 0 Å². The van der Waals surface area contributed by atoms with Crippen LogP contribution in [-0.4, -0.2) is 23.7 Å². The molecule has 13 heavy (non-hydrogen) atoms. The van der Waals surface area contributed by atoms with Crippen molar-refractivity contribution < 1.29 is 9.59 Å². The second-order valence-corrected chi connectivity index (χ2v) is 2.63. The van der Waals surface area contributed by atoms with Crippen molar-refractivity contribution in [3.8, 4) is 0 Å². The van der Waals surface area contributed by atoms with Gasteiger partial charge in [-0.15, -0.1) is 0 Å². The van der Waals surface area contributed by atoms with Crippen LogP contribution in [0.15, 0.2) is 24.5 Å². The summed E-state index contributed by atoms with van der Waals surface area (Å²) in [4.78, 5) is 27.1. The summed E-state index contributed by atoms with van der Waals surface area (Å²) in [5.74, 6) is -1.01. The maximum atomic E-state index is 11.2. The van der Waals surface area contributed by atoms with E-state index in [4.69, 9.17) is 0 Å². The van der Waals surface area contributed by atoms with Gasteiger partial charge in [0, 0.05) is 20.2 Å². The summed E-state index contributed by atoms with van der Waals surface area (Å²) in [6, 6.07) is 3.42. The van der Waals surface area contributed by atoms with Crippen molar-refractivity contribution in [1.82, 2.24) is 4.98 Å². The summed E-state index contributed by atoms with van der Waals surface area (Å²) in [5, 5.41) is 0. The van der Waals surface area contributed by atoms with Crippen molar-refractivity contribution in [2.24, 2.45) is 0 Å². The van der Waals surface area contributed by atoms with Gasteiger partial charge in [0.05, 0.1) is 11.9 Å². The van der Waals surface area contributed by atoms with Gasteiger partial charge in [-0.05, 0) is 12.1 Å². The number of carbonyl (C=O) groups is 2. The second-order valence-electron chi connectivity index (χ2n) is 2.63. The fraction of sp³-hybridized carbons (Fsp3) is 0.222. The molecule has 68 valence electrons. The van der Waals surface area contributed by atoms with Gasteiger partial charge >= 0.3 is 0 Å². The van der Waals surface area contributed by atoms with Crippen LogP contribution in [0.3, 0.4) is 0 Å². The number of carbonyl (C=O) groups excluding carboxylic acids is 2. The van der Waals surface area contributed by atoms with Crippen molar-refractivity contribution in [3.05, 3.63) is 24.5 Å². The lowest BCUT2D eigenvalue weighted by Gasteiger charge is -2.14. The fourth-order valence-corrected chi connectivity index (χ4v) is 0.906. The Morgan fingerprint density at radius 1 is 1.46 bits per heavy atom. The molecule has 0 aliphatic heterocycles. The van der Waals surface area contributed by atoms with Crippen LogP contribution < -0.4 is 4.90 Å². The molecule has 1 amide bonds. The molecule has 0 bridgehead atoms. The smallest absolute Gasteiger partial charge is 0.293 e. The SMILES string of the molecule is CC(=O)C(=O)N(C)c1cccnc1. The van der Waals surface area contributed by atoms with E-state index in [9.17, 15) is 9.59 Å². The minimum Gasteiger partial charge on any atom is -0.307 e. The van der Waals surface area contributed by atoms with Gasteiger partial charge in [-0.1, -0.05) is 0 Å². The molecular formula is C9H10N2O2. The highest BCUT2D eigenvalue weighted by Crippen LogP contribution is 2.08. The molecule has 0 saturated heterocycles. The van der Waals surface area contributed by atoms with Crippen LogP contribution in [0.1, 0.15) is 6.92 Å². The number of nitrogens with zero attached hydrogens (tertiary/aromatic N) is 2. The summed E-state index contributed by atoms with van der Waals surface area (Å²) in [6.45, 7) is 1.25. The van der Waals surface area contributed by atoms with Crippen LogP contribution in [0, 0.1) is 0 Å². The molecule has 0 aromatic carbocycles. The predicted octanol–water partition coefficient (Wildman–Crippen LogP) is 0.633. The Labute approximate surface area is 76.2 Å².